The van der Waals surface area contributed by atoms with E-state index in [0.29, 0.717) is 40.6 Å². The molecule has 0 saturated heterocycles. The molecular formula is C26H21BrFNO2. The molecule has 0 aliphatic carbocycles. The van der Waals surface area contributed by atoms with Crippen molar-refractivity contribution in [3.8, 4) is 22.9 Å². The second-order valence-corrected chi connectivity index (χ2v) is 7.94. The fraction of sp³-hybridized carbons (Fsp3) is 0.115. The first-order chi connectivity index (χ1) is 15.1. The van der Waals surface area contributed by atoms with Crippen LogP contribution in [0.3, 0.4) is 0 Å². The lowest BCUT2D eigenvalue weighted by molar-refractivity contribution is 0.268. The first-order valence-electron chi connectivity index (χ1n) is 9.91. The fourth-order valence-electron chi connectivity index (χ4n) is 3.22. The van der Waals surface area contributed by atoms with Crippen molar-refractivity contribution in [1.82, 2.24) is 4.98 Å². The number of hydrogen-bond donors (Lipinski definition) is 0. The van der Waals surface area contributed by atoms with Crippen molar-refractivity contribution in [3.05, 3.63) is 112 Å². The summed E-state index contributed by atoms with van der Waals surface area (Å²) in [5, 5.41) is 0. The number of rotatable bonds is 7. The number of pyridine rings is 1. The summed E-state index contributed by atoms with van der Waals surface area (Å²) in [6.07, 6.45) is 0. The van der Waals surface area contributed by atoms with Crippen LogP contribution in [0.15, 0.2) is 89.4 Å². The van der Waals surface area contributed by atoms with Gasteiger partial charge in [-0.15, -0.1) is 0 Å². The van der Waals surface area contributed by atoms with Crippen LogP contribution in [0.1, 0.15) is 16.7 Å². The Balaban J connectivity index is 1.65. The Bertz CT molecular complexity index is 1170. The summed E-state index contributed by atoms with van der Waals surface area (Å²) in [4.78, 5) is 4.59. The number of halogens is 2. The Morgan fingerprint density at radius 1 is 0.742 bits per heavy atom. The lowest BCUT2D eigenvalue weighted by Gasteiger charge is -2.15. The highest BCUT2D eigenvalue weighted by atomic mass is 79.9. The maximum atomic E-state index is 14.5. The highest BCUT2D eigenvalue weighted by Gasteiger charge is 2.16. The second-order valence-electron chi connectivity index (χ2n) is 7.08. The van der Waals surface area contributed by atoms with Crippen LogP contribution >= 0.6 is 15.9 Å². The Morgan fingerprint density at radius 3 is 1.97 bits per heavy atom. The molecule has 0 unspecified atom stereocenters. The van der Waals surface area contributed by atoms with Crippen LogP contribution in [0.25, 0.3) is 11.1 Å². The largest absolute Gasteiger partial charge is 0.473 e. The Labute approximate surface area is 189 Å². The standard InChI is InChI=1S/C26H21BrFNO2/c1-18-21(12-14-23(27)25(18)28)22-13-15-24(30-16-19-8-4-2-5-9-19)29-26(22)31-17-20-10-6-3-7-11-20/h2-15H,16-17H2,1H3. The summed E-state index contributed by atoms with van der Waals surface area (Å²) in [5.74, 6) is 0.557. The van der Waals surface area contributed by atoms with E-state index in [0.717, 1.165) is 16.7 Å². The van der Waals surface area contributed by atoms with Crippen LogP contribution in [0.2, 0.25) is 0 Å². The van der Waals surface area contributed by atoms with Crippen molar-refractivity contribution in [2.75, 3.05) is 0 Å². The van der Waals surface area contributed by atoms with Crippen LogP contribution in [-0.4, -0.2) is 4.98 Å². The maximum Gasteiger partial charge on any atom is 0.225 e. The zero-order chi connectivity index (χ0) is 21.6. The topological polar surface area (TPSA) is 31.4 Å². The first kappa shape index (κ1) is 21.1. The molecule has 1 aromatic heterocycles. The molecule has 0 spiro atoms. The molecular weight excluding hydrogens is 457 g/mol. The molecule has 0 atom stereocenters. The number of hydrogen-bond acceptors (Lipinski definition) is 3. The smallest absolute Gasteiger partial charge is 0.225 e. The molecule has 0 N–H and O–H groups in total. The van der Waals surface area contributed by atoms with Crippen molar-refractivity contribution in [2.24, 2.45) is 0 Å². The predicted molar refractivity (Wildman–Crippen MR) is 124 cm³/mol. The summed E-state index contributed by atoms with van der Waals surface area (Å²) in [6.45, 7) is 2.49. The van der Waals surface area contributed by atoms with Crippen LogP contribution in [0, 0.1) is 12.7 Å². The third kappa shape index (κ3) is 5.12. The van der Waals surface area contributed by atoms with E-state index in [1.807, 2.05) is 72.8 Å². The molecule has 0 radical (unpaired) electrons. The molecule has 0 aliphatic heterocycles. The van der Waals surface area contributed by atoms with Gasteiger partial charge in [0.2, 0.25) is 11.8 Å². The van der Waals surface area contributed by atoms with E-state index in [9.17, 15) is 4.39 Å². The van der Waals surface area contributed by atoms with Gasteiger partial charge in [-0.1, -0.05) is 66.7 Å². The highest BCUT2D eigenvalue weighted by molar-refractivity contribution is 9.10. The third-order valence-corrected chi connectivity index (χ3v) is 5.52. The maximum absolute atomic E-state index is 14.5. The SMILES string of the molecule is Cc1c(-c2ccc(OCc3ccccc3)nc2OCc2ccccc2)ccc(Br)c1F. The molecule has 3 nitrogen and oxygen atoms in total. The molecule has 4 rings (SSSR count). The normalized spacial score (nSPS) is 10.7. The molecule has 3 aromatic carbocycles. The molecule has 0 fully saturated rings. The van der Waals surface area contributed by atoms with Crippen LogP contribution < -0.4 is 9.47 Å². The average molecular weight is 478 g/mol. The molecule has 0 aliphatic rings. The van der Waals surface area contributed by atoms with Crippen molar-refractivity contribution in [1.29, 1.82) is 0 Å². The van der Waals surface area contributed by atoms with Gasteiger partial charge >= 0.3 is 0 Å². The lowest BCUT2D eigenvalue weighted by atomic mass is 10.0. The molecule has 1 heterocycles. The Kier molecular flexibility index (Phi) is 6.63. The number of ether oxygens (including phenoxy) is 2. The van der Waals surface area contributed by atoms with Crippen molar-refractivity contribution < 1.29 is 13.9 Å². The second kappa shape index (κ2) is 9.75. The minimum Gasteiger partial charge on any atom is -0.473 e. The van der Waals surface area contributed by atoms with Gasteiger partial charge in [0.25, 0.3) is 0 Å². The van der Waals surface area contributed by atoms with E-state index >= 15 is 0 Å². The summed E-state index contributed by atoms with van der Waals surface area (Å²) in [5.41, 5.74) is 4.03. The predicted octanol–water partition coefficient (Wildman–Crippen LogP) is 7.12. The van der Waals surface area contributed by atoms with Gasteiger partial charge in [-0.25, -0.2) is 4.39 Å². The quantitative estimate of drug-likeness (QED) is 0.284. The fourth-order valence-corrected chi connectivity index (χ4v) is 3.65. The number of aromatic nitrogens is 1. The zero-order valence-corrected chi connectivity index (χ0v) is 18.6. The van der Waals surface area contributed by atoms with Gasteiger partial charge in [0.05, 0.1) is 4.47 Å². The summed E-state index contributed by atoms with van der Waals surface area (Å²) < 4.78 is 26.9. The van der Waals surface area contributed by atoms with Gasteiger partial charge in [-0.3, -0.25) is 0 Å². The monoisotopic (exact) mass is 477 g/mol. The molecule has 31 heavy (non-hydrogen) atoms. The zero-order valence-electron chi connectivity index (χ0n) is 17.0. The van der Waals surface area contributed by atoms with E-state index in [2.05, 4.69) is 20.9 Å². The molecule has 0 bridgehead atoms. The third-order valence-electron chi connectivity index (χ3n) is 4.91. The van der Waals surface area contributed by atoms with Gasteiger partial charge in [0.15, 0.2) is 0 Å². The van der Waals surface area contributed by atoms with Gasteiger partial charge < -0.3 is 9.47 Å². The summed E-state index contributed by atoms with van der Waals surface area (Å²) >= 11 is 3.25. The molecule has 4 aromatic rings. The van der Waals surface area contributed by atoms with E-state index in [1.54, 1.807) is 19.1 Å². The van der Waals surface area contributed by atoms with Gasteiger partial charge in [-0.05, 0) is 57.2 Å². The van der Waals surface area contributed by atoms with E-state index < -0.39 is 0 Å². The molecule has 156 valence electrons. The summed E-state index contributed by atoms with van der Waals surface area (Å²) in [7, 11) is 0. The number of nitrogens with zero attached hydrogens (tertiary/aromatic N) is 1. The van der Waals surface area contributed by atoms with Crippen molar-refractivity contribution >= 4 is 15.9 Å². The van der Waals surface area contributed by atoms with Gasteiger partial charge in [0.1, 0.15) is 19.0 Å². The van der Waals surface area contributed by atoms with Crippen LogP contribution in [0.5, 0.6) is 11.8 Å². The van der Waals surface area contributed by atoms with Crippen LogP contribution in [0.4, 0.5) is 4.39 Å². The Morgan fingerprint density at radius 2 is 1.32 bits per heavy atom. The van der Waals surface area contributed by atoms with E-state index in [-0.39, 0.29) is 5.82 Å². The van der Waals surface area contributed by atoms with E-state index in [4.69, 9.17) is 9.47 Å². The minimum absolute atomic E-state index is 0.295. The average Bonchev–Trinajstić information content (AvgIpc) is 2.82. The molecule has 0 saturated carbocycles. The lowest BCUT2D eigenvalue weighted by Crippen LogP contribution is -2.03. The van der Waals surface area contributed by atoms with Crippen molar-refractivity contribution in [2.45, 2.75) is 20.1 Å². The Hall–Kier alpha value is -3.18. The number of benzene rings is 3. The van der Waals surface area contributed by atoms with Crippen molar-refractivity contribution in [3.63, 3.8) is 0 Å². The molecule has 0 amide bonds. The summed E-state index contributed by atoms with van der Waals surface area (Å²) in [6, 6.07) is 26.9. The minimum atomic E-state index is -0.295. The van der Waals surface area contributed by atoms with E-state index in [1.165, 1.54) is 0 Å². The van der Waals surface area contributed by atoms with Gasteiger partial charge in [0, 0.05) is 11.6 Å². The highest BCUT2D eigenvalue weighted by Crippen LogP contribution is 2.36. The van der Waals surface area contributed by atoms with Gasteiger partial charge in [-0.2, -0.15) is 4.98 Å². The molecule has 5 heteroatoms. The van der Waals surface area contributed by atoms with Crippen LogP contribution in [-0.2, 0) is 13.2 Å². The first-order valence-corrected chi connectivity index (χ1v) is 10.7.